The van der Waals surface area contributed by atoms with Crippen LogP contribution in [-0.2, 0) is 0 Å². The summed E-state index contributed by atoms with van der Waals surface area (Å²) < 4.78 is 6.26. The van der Waals surface area contributed by atoms with Crippen LogP contribution in [-0.4, -0.2) is 35.9 Å². The predicted molar refractivity (Wildman–Crippen MR) is 117 cm³/mol. The molecule has 152 valence electrons. The van der Waals surface area contributed by atoms with Gasteiger partial charge in [0.2, 0.25) is 0 Å². The third kappa shape index (κ3) is 5.26. The van der Waals surface area contributed by atoms with Crippen LogP contribution in [0.4, 0.5) is 11.4 Å². The van der Waals surface area contributed by atoms with Gasteiger partial charge in [-0.3, -0.25) is 9.69 Å². The Kier molecular flexibility index (Phi) is 7.88. The number of rotatable bonds is 10. The normalized spacial score (nSPS) is 13.3. The Morgan fingerprint density at radius 3 is 2.25 bits per heavy atom. The van der Waals surface area contributed by atoms with Gasteiger partial charge in [0.15, 0.2) is 5.78 Å². The number of ketones is 1. The summed E-state index contributed by atoms with van der Waals surface area (Å²) in [5, 5.41) is 0. The van der Waals surface area contributed by atoms with Crippen molar-refractivity contribution in [1.29, 1.82) is 0 Å². The highest BCUT2D eigenvalue weighted by Crippen LogP contribution is 2.26. The number of hydrogen-bond donors (Lipinski definition) is 2. The maximum atomic E-state index is 13.0. The van der Waals surface area contributed by atoms with E-state index in [-0.39, 0.29) is 17.9 Å². The molecule has 4 N–H and O–H groups in total. The van der Waals surface area contributed by atoms with Gasteiger partial charge in [0.1, 0.15) is 11.9 Å². The summed E-state index contributed by atoms with van der Waals surface area (Å²) in [7, 11) is 0. The summed E-state index contributed by atoms with van der Waals surface area (Å²) >= 11 is 0. The number of para-hydroxylation sites is 1. The molecule has 2 aromatic carbocycles. The van der Waals surface area contributed by atoms with E-state index in [1.807, 2.05) is 18.2 Å². The molecule has 0 aliphatic rings. The summed E-state index contributed by atoms with van der Waals surface area (Å²) in [6.07, 6.45) is 2.15. The minimum absolute atomic E-state index is 0.0523. The lowest BCUT2D eigenvalue weighted by Crippen LogP contribution is -2.43. The highest BCUT2D eigenvalue weighted by atomic mass is 16.5. The van der Waals surface area contributed by atoms with Crippen LogP contribution in [0.1, 0.15) is 56.5 Å². The van der Waals surface area contributed by atoms with Gasteiger partial charge >= 0.3 is 0 Å². The highest BCUT2D eigenvalue weighted by Gasteiger charge is 2.23. The molecular formula is C23H33N3O2. The average Bonchev–Trinajstić information content (AvgIpc) is 2.69. The predicted octanol–water partition coefficient (Wildman–Crippen LogP) is 4.36. The van der Waals surface area contributed by atoms with E-state index in [1.165, 1.54) is 0 Å². The van der Waals surface area contributed by atoms with Crippen molar-refractivity contribution >= 4 is 17.2 Å². The molecule has 0 spiro atoms. The number of hydrogen-bond acceptors (Lipinski definition) is 5. The molecule has 2 aromatic rings. The van der Waals surface area contributed by atoms with Crippen molar-refractivity contribution in [2.75, 3.05) is 24.6 Å². The van der Waals surface area contributed by atoms with E-state index in [2.05, 4.69) is 32.6 Å². The van der Waals surface area contributed by atoms with Crippen molar-refractivity contribution in [2.45, 2.75) is 52.7 Å². The first kappa shape index (κ1) is 21.8. The molecule has 5 nitrogen and oxygen atoms in total. The lowest BCUT2D eigenvalue weighted by molar-refractivity contribution is 0.0850. The number of ether oxygens (including phenoxy) is 1. The maximum Gasteiger partial charge on any atom is 0.196 e. The number of benzene rings is 2. The molecule has 0 aliphatic carbocycles. The van der Waals surface area contributed by atoms with Gasteiger partial charge in [-0.1, -0.05) is 26.0 Å². The first-order valence-electron chi connectivity index (χ1n) is 10.1. The van der Waals surface area contributed by atoms with Crippen molar-refractivity contribution in [3.8, 4) is 5.75 Å². The van der Waals surface area contributed by atoms with E-state index in [4.69, 9.17) is 16.2 Å². The van der Waals surface area contributed by atoms with Crippen LogP contribution < -0.4 is 16.2 Å². The van der Waals surface area contributed by atoms with E-state index in [0.29, 0.717) is 28.3 Å². The molecule has 0 bridgehead atoms. The van der Waals surface area contributed by atoms with E-state index in [1.54, 1.807) is 24.3 Å². The minimum Gasteiger partial charge on any atom is -0.488 e. The van der Waals surface area contributed by atoms with Gasteiger partial charge in [0.25, 0.3) is 0 Å². The number of nitrogens with zero attached hydrogens (tertiary/aromatic N) is 1. The van der Waals surface area contributed by atoms with Gasteiger partial charge < -0.3 is 16.2 Å². The number of anilines is 2. The van der Waals surface area contributed by atoms with Crippen LogP contribution in [0.3, 0.4) is 0 Å². The van der Waals surface area contributed by atoms with Gasteiger partial charge in [-0.15, -0.1) is 0 Å². The Hall–Kier alpha value is -2.53. The maximum absolute atomic E-state index is 13.0. The zero-order valence-corrected chi connectivity index (χ0v) is 17.4. The summed E-state index contributed by atoms with van der Waals surface area (Å²) in [5.41, 5.74) is 13.5. The molecule has 0 aliphatic heterocycles. The van der Waals surface area contributed by atoms with Crippen LogP contribution in [0.25, 0.3) is 0 Å². The van der Waals surface area contributed by atoms with E-state index in [0.717, 1.165) is 25.9 Å². The first-order chi connectivity index (χ1) is 13.4. The number of nitrogens with two attached hydrogens (primary N) is 2. The molecule has 0 aromatic heterocycles. The highest BCUT2D eigenvalue weighted by molar-refractivity contribution is 6.11. The van der Waals surface area contributed by atoms with Crippen molar-refractivity contribution in [2.24, 2.45) is 0 Å². The molecule has 0 saturated carbocycles. The van der Waals surface area contributed by atoms with E-state index < -0.39 is 0 Å². The van der Waals surface area contributed by atoms with Crippen LogP contribution >= 0.6 is 0 Å². The Bertz CT molecular complexity index is 785. The van der Waals surface area contributed by atoms with Crippen molar-refractivity contribution < 1.29 is 9.53 Å². The molecule has 5 heteroatoms. The van der Waals surface area contributed by atoms with E-state index >= 15 is 0 Å². The fraction of sp³-hybridized carbons (Fsp3) is 0.435. The third-order valence-corrected chi connectivity index (χ3v) is 5.07. The lowest BCUT2D eigenvalue weighted by Gasteiger charge is -2.33. The monoisotopic (exact) mass is 383 g/mol. The quantitative estimate of drug-likeness (QED) is 0.470. The Balaban J connectivity index is 2.23. The molecule has 0 saturated heterocycles. The lowest BCUT2D eigenvalue weighted by atomic mass is 10.0. The van der Waals surface area contributed by atoms with Gasteiger partial charge in [-0.25, -0.2) is 0 Å². The molecular weight excluding hydrogens is 350 g/mol. The second-order valence-electron chi connectivity index (χ2n) is 7.27. The largest absolute Gasteiger partial charge is 0.488 e. The summed E-state index contributed by atoms with van der Waals surface area (Å²) in [6, 6.07) is 12.6. The van der Waals surface area contributed by atoms with Gasteiger partial charge in [0.05, 0.1) is 16.9 Å². The molecule has 2 rings (SSSR count). The van der Waals surface area contributed by atoms with Crippen LogP contribution in [0.15, 0.2) is 42.5 Å². The molecule has 2 atom stereocenters. The molecule has 0 fully saturated rings. The zero-order valence-electron chi connectivity index (χ0n) is 17.4. The van der Waals surface area contributed by atoms with Gasteiger partial charge in [0, 0.05) is 11.6 Å². The number of carbonyl (C=O) groups is 1. The van der Waals surface area contributed by atoms with Crippen LogP contribution in [0.5, 0.6) is 5.75 Å². The van der Waals surface area contributed by atoms with E-state index in [9.17, 15) is 4.79 Å². The Morgan fingerprint density at radius 1 is 1.00 bits per heavy atom. The fourth-order valence-corrected chi connectivity index (χ4v) is 3.32. The van der Waals surface area contributed by atoms with Crippen molar-refractivity contribution in [3.63, 3.8) is 0 Å². The van der Waals surface area contributed by atoms with Gasteiger partial charge in [-0.05, 0) is 70.1 Å². The van der Waals surface area contributed by atoms with Crippen LogP contribution in [0.2, 0.25) is 0 Å². The standard InChI is InChI=1S/C23H33N3O2/c1-5-13-26(14-6-2)16(3)17(4)28-22-10-8-7-9-19(22)23(27)18-11-12-20(24)21(25)15-18/h7-12,15-17H,5-6,13-14,24-25H2,1-4H3. The van der Waals surface area contributed by atoms with Crippen LogP contribution in [0, 0.1) is 0 Å². The summed E-state index contributed by atoms with van der Waals surface area (Å²) in [5.74, 6) is 0.469. The molecule has 28 heavy (non-hydrogen) atoms. The molecule has 2 unspecified atom stereocenters. The zero-order chi connectivity index (χ0) is 20.7. The van der Waals surface area contributed by atoms with Crippen molar-refractivity contribution in [1.82, 2.24) is 4.90 Å². The van der Waals surface area contributed by atoms with Gasteiger partial charge in [-0.2, -0.15) is 0 Å². The second-order valence-corrected chi connectivity index (χ2v) is 7.27. The third-order valence-electron chi connectivity index (χ3n) is 5.07. The molecule has 0 radical (unpaired) electrons. The molecule has 0 amide bonds. The number of nitrogen functional groups attached to an aromatic ring is 2. The topological polar surface area (TPSA) is 81.6 Å². The minimum atomic E-state index is -0.124. The smallest absolute Gasteiger partial charge is 0.196 e. The van der Waals surface area contributed by atoms with Crippen molar-refractivity contribution in [3.05, 3.63) is 53.6 Å². The average molecular weight is 384 g/mol. The SMILES string of the molecule is CCCN(CCC)C(C)C(C)Oc1ccccc1C(=O)c1ccc(N)c(N)c1. The Morgan fingerprint density at radius 2 is 1.64 bits per heavy atom. The summed E-state index contributed by atoms with van der Waals surface area (Å²) in [4.78, 5) is 15.5. The fourth-order valence-electron chi connectivity index (χ4n) is 3.32. The second kappa shape index (κ2) is 10.1. The first-order valence-corrected chi connectivity index (χ1v) is 10.1. The Labute approximate surface area is 168 Å². The summed E-state index contributed by atoms with van der Waals surface area (Å²) in [6.45, 7) is 10.7. The molecule has 0 heterocycles. The number of carbonyl (C=O) groups excluding carboxylic acids is 1.